The smallest absolute Gasteiger partial charge is 0.243 e. The molecule has 4 amide bonds. The number of aromatic nitrogens is 1. The zero-order valence-electron chi connectivity index (χ0n) is 24.7. The van der Waals surface area contributed by atoms with E-state index in [1.165, 1.54) is 12.5 Å². The van der Waals surface area contributed by atoms with Crippen molar-refractivity contribution in [2.24, 2.45) is 0 Å². The highest BCUT2D eigenvalue weighted by molar-refractivity contribution is 5.94. The summed E-state index contributed by atoms with van der Waals surface area (Å²) in [5.41, 5.74) is 1.88. The van der Waals surface area contributed by atoms with Gasteiger partial charge in [-0.1, -0.05) is 42.5 Å². The van der Waals surface area contributed by atoms with Gasteiger partial charge in [0.2, 0.25) is 29.5 Å². The van der Waals surface area contributed by atoms with Crippen molar-refractivity contribution in [3.05, 3.63) is 84.1 Å². The largest absolute Gasteiger partial charge is 0.494 e. The Labute approximate surface area is 256 Å². The molecule has 2 aromatic carbocycles. The number of carbonyl (C=O) groups is 4. The van der Waals surface area contributed by atoms with Crippen molar-refractivity contribution in [2.45, 2.75) is 76.0 Å². The zero-order chi connectivity index (χ0) is 30.7. The maximum Gasteiger partial charge on any atom is 0.243 e. The van der Waals surface area contributed by atoms with Gasteiger partial charge in [-0.05, 0) is 61.8 Å². The van der Waals surface area contributed by atoms with Crippen LogP contribution in [0.1, 0.15) is 55.5 Å². The van der Waals surface area contributed by atoms with Crippen LogP contribution in [0.2, 0.25) is 0 Å². The molecule has 0 saturated carbocycles. The van der Waals surface area contributed by atoms with E-state index < -0.39 is 29.9 Å². The van der Waals surface area contributed by atoms with E-state index in [-0.39, 0.29) is 24.8 Å². The topological polar surface area (TPSA) is 143 Å². The van der Waals surface area contributed by atoms with E-state index >= 15 is 0 Å². The number of aryl methyl sites for hydroxylation is 1. The van der Waals surface area contributed by atoms with Gasteiger partial charge >= 0.3 is 0 Å². The second kappa shape index (κ2) is 15.2. The van der Waals surface area contributed by atoms with Crippen LogP contribution in [0.15, 0.2) is 71.5 Å². The molecule has 3 heterocycles. The lowest BCUT2D eigenvalue weighted by Gasteiger charge is -2.30. The average Bonchev–Trinajstić information content (AvgIpc) is 3.72. The number of nitrogens with one attached hydrogen (secondary N) is 3. The third kappa shape index (κ3) is 8.46. The number of hydrogen-bond acceptors (Lipinski definition) is 7. The quantitative estimate of drug-likeness (QED) is 0.378. The number of rotatable bonds is 7. The van der Waals surface area contributed by atoms with Gasteiger partial charge in [-0.3, -0.25) is 19.2 Å². The highest BCUT2D eigenvalue weighted by Gasteiger charge is 2.35. The number of oxazole rings is 1. The van der Waals surface area contributed by atoms with Crippen LogP contribution < -0.4 is 20.7 Å². The van der Waals surface area contributed by atoms with Gasteiger partial charge in [0.15, 0.2) is 0 Å². The molecule has 0 spiro atoms. The van der Waals surface area contributed by atoms with E-state index in [4.69, 9.17) is 9.15 Å². The third-order valence-corrected chi connectivity index (χ3v) is 8.00. The molecule has 5 rings (SSSR count). The van der Waals surface area contributed by atoms with Crippen molar-refractivity contribution in [1.29, 1.82) is 0 Å². The minimum absolute atomic E-state index is 0.0807. The Morgan fingerprint density at radius 3 is 2.64 bits per heavy atom. The van der Waals surface area contributed by atoms with Gasteiger partial charge in [0.25, 0.3) is 0 Å². The van der Waals surface area contributed by atoms with Gasteiger partial charge in [-0.15, -0.1) is 0 Å². The lowest BCUT2D eigenvalue weighted by atomic mass is 10.0. The molecular weight excluding hydrogens is 562 g/mol. The second-order valence-corrected chi connectivity index (χ2v) is 11.2. The fourth-order valence-corrected chi connectivity index (χ4v) is 5.63. The molecule has 3 atom stereocenters. The van der Waals surface area contributed by atoms with Gasteiger partial charge in [0.05, 0.1) is 19.3 Å². The summed E-state index contributed by atoms with van der Waals surface area (Å²) in [6.07, 6.45) is 6.78. The van der Waals surface area contributed by atoms with Crippen LogP contribution in [0.4, 0.5) is 0 Å². The lowest BCUT2D eigenvalue weighted by Crippen LogP contribution is -2.57. The van der Waals surface area contributed by atoms with Gasteiger partial charge in [0.1, 0.15) is 30.1 Å². The molecule has 2 bridgehead atoms. The van der Waals surface area contributed by atoms with Crippen molar-refractivity contribution in [1.82, 2.24) is 25.8 Å². The molecule has 11 nitrogen and oxygen atoms in total. The Morgan fingerprint density at radius 1 is 1.00 bits per heavy atom. The molecule has 11 heteroatoms. The predicted octanol–water partition coefficient (Wildman–Crippen LogP) is 2.69. The van der Waals surface area contributed by atoms with E-state index in [0.717, 1.165) is 11.1 Å². The SMILES string of the molecule is O=C(NCc1ncco1)[C@@H]1CCCCOc2cccc(c2)C[C@H](N2CCCC2=O)C(=O)N[C@@H](CCc2ccccc2)C(=O)N1. The van der Waals surface area contributed by atoms with Crippen LogP contribution >= 0.6 is 0 Å². The van der Waals surface area contributed by atoms with Crippen LogP contribution in [0.25, 0.3) is 0 Å². The van der Waals surface area contributed by atoms with Crippen molar-refractivity contribution < 1.29 is 28.3 Å². The first-order valence-electron chi connectivity index (χ1n) is 15.3. The summed E-state index contributed by atoms with van der Waals surface area (Å²) in [5.74, 6) is -0.293. The first-order valence-corrected chi connectivity index (χ1v) is 15.3. The molecule has 44 heavy (non-hydrogen) atoms. The number of carbonyl (C=O) groups excluding carboxylic acids is 4. The van der Waals surface area contributed by atoms with Crippen molar-refractivity contribution in [3.63, 3.8) is 0 Å². The maximum atomic E-state index is 13.9. The molecule has 2 aliphatic heterocycles. The zero-order valence-corrected chi connectivity index (χ0v) is 24.7. The fraction of sp³-hybridized carbons (Fsp3) is 0.424. The van der Waals surface area contributed by atoms with Crippen LogP contribution in [-0.2, 0) is 38.6 Å². The number of likely N-dealkylation sites (tertiary alicyclic amines) is 1. The van der Waals surface area contributed by atoms with E-state index in [1.807, 2.05) is 54.6 Å². The molecule has 1 aromatic heterocycles. The van der Waals surface area contributed by atoms with Crippen LogP contribution in [0.5, 0.6) is 5.75 Å². The first kappa shape index (κ1) is 30.8. The summed E-state index contributed by atoms with van der Waals surface area (Å²) in [5, 5.41) is 8.64. The van der Waals surface area contributed by atoms with Crippen LogP contribution in [0, 0.1) is 0 Å². The normalized spacial score (nSPS) is 21.7. The molecule has 0 unspecified atom stereocenters. The minimum Gasteiger partial charge on any atom is -0.494 e. The molecule has 232 valence electrons. The van der Waals surface area contributed by atoms with Gasteiger partial charge in [0, 0.05) is 19.4 Å². The van der Waals surface area contributed by atoms with Gasteiger partial charge < -0.3 is 30.0 Å². The highest BCUT2D eigenvalue weighted by atomic mass is 16.5. The first-order chi connectivity index (χ1) is 21.5. The minimum atomic E-state index is -0.924. The molecule has 3 aromatic rings. The lowest BCUT2D eigenvalue weighted by molar-refractivity contribution is -0.139. The van der Waals surface area contributed by atoms with E-state index in [0.29, 0.717) is 69.7 Å². The number of nitrogens with zero attached hydrogens (tertiary/aromatic N) is 2. The average molecular weight is 602 g/mol. The van der Waals surface area contributed by atoms with Crippen LogP contribution in [-0.4, -0.2) is 64.8 Å². The number of ether oxygens (including phenoxy) is 1. The number of hydrogen-bond donors (Lipinski definition) is 3. The predicted molar refractivity (Wildman–Crippen MR) is 161 cm³/mol. The molecule has 3 N–H and O–H groups in total. The maximum absolute atomic E-state index is 13.9. The van der Waals surface area contributed by atoms with Crippen molar-refractivity contribution >= 4 is 23.6 Å². The standard InChI is InChI=1S/C33H39N5O6/c39-30-13-7-17-38(30)28-21-24-10-6-11-25(20-24)43-18-5-4-12-26(31(40)35-22-29-34-16-19-44-29)36-32(41)27(37-33(28)42)15-14-23-8-2-1-3-9-23/h1-3,6,8-11,16,19-20,26-28H,4-5,7,12-15,17-18,21-22H2,(H,35,40)(H,36,41)(H,37,42)/t26-,27-,28-/m0/s1. The summed E-state index contributed by atoms with van der Waals surface area (Å²) in [6.45, 7) is 0.981. The van der Waals surface area contributed by atoms with E-state index in [9.17, 15) is 19.2 Å². The van der Waals surface area contributed by atoms with E-state index in [1.54, 1.807) is 4.90 Å². The second-order valence-electron chi connectivity index (χ2n) is 11.2. The number of benzene rings is 2. The van der Waals surface area contributed by atoms with Crippen molar-refractivity contribution in [2.75, 3.05) is 13.2 Å². The molecule has 0 aliphatic carbocycles. The Hall–Kier alpha value is -4.67. The summed E-state index contributed by atoms with van der Waals surface area (Å²) in [4.78, 5) is 59.5. The number of fused-ring (bicyclic) bond motifs is 2. The Bertz CT molecular complexity index is 1410. The monoisotopic (exact) mass is 601 g/mol. The Balaban J connectivity index is 1.40. The van der Waals surface area contributed by atoms with E-state index in [2.05, 4.69) is 20.9 Å². The van der Waals surface area contributed by atoms with Gasteiger partial charge in [-0.2, -0.15) is 0 Å². The Morgan fingerprint density at radius 2 is 1.86 bits per heavy atom. The third-order valence-electron chi connectivity index (χ3n) is 8.00. The highest BCUT2D eigenvalue weighted by Crippen LogP contribution is 2.21. The molecule has 0 radical (unpaired) electrons. The molecule has 1 saturated heterocycles. The molecular formula is C33H39N5O6. The summed E-state index contributed by atoms with van der Waals surface area (Å²) >= 11 is 0. The van der Waals surface area contributed by atoms with Crippen molar-refractivity contribution in [3.8, 4) is 5.75 Å². The number of amides is 4. The molecule has 2 aliphatic rings. The molecule has 1 fully saturated rings. The Kier molecular flexibility index (Phi) is 10.6. The fourth-order valence-electron chi connectivity index (χ4n) is 5.63. The van der Waals surface area contributed by atoms with Gasteiger partial charge in [-0.25, -0.2) is 4.98 Å². The summed E-state index contributed by atoms with van der Waals surface area (Å²) in [7, 11) is 0. The summed E-state index contributed by atoms with van der Waals surface area (Å²) in [6, 6.07) is 14.7. The summed E-state index contributed by atoms with van der Waals surface area (Å²) < 4.78 is 11.2. The van der Waals surface area contributed by atoms with Crippen LogP contribution in [0.3, 0.4) is 0 Å².